The predicted molar refractivity (Wildman–Crippen MR) is 249 cm³/mol. The smallest absolute Gasteiger partial charge is 0.381 e. The lowest BCUT2D eigenvalue weighted by atomic mass is 9.91. The van der Waals surface area contributed by atoms with Gasteiger partial charge in [-0.2, -0.15) is 14.0 Å². The number of carbonyl (C=O) groups is 5. The Morgan fingerprint density at radius 2 is 1.51 bits per heavy atom. The molecule has 5 aliphatic heterocycles. The second kappa shape index (κ2) is 22.1. The number of carbonyl (C=O) groups excluding carboxylic acids is 5. The van der Waals surface area contributed by atoms with Crippen molar-refractivity contribution in [1.82, 2.24) is 20.1 Å². The molecule has 21 heteroatoms. The van der Waals surface area contributed by atoms with Gasteiger partial charge in [0.05, 0.1) is 51.6 Å². The van der Waals surface area contributed by atoms with Gasteiger partial charge in [0.15, 0.2) is 10.2 Å². The number of halogens is 2. The SMILES string of the molecule is N#C[C@H]1CN(C(=O)[C@@H]2CC[C@@H]3CCCC[C@H](NC(=O)c4ccc5ccc(C(F)(F)P(=O)(OCCSC(=O)CC6COC6)OCCSC(=O)CC6COC6)cc5c4)C(=O)N32)C[C@@H]1c1cc[nH]c(=O)c1. The summed E-state index contributed by atoms with van der Waals surface area (Å²) >= 11 is 1.76. The molecule has 3 amide bonds. The number of nitriles is 1. The summed E-state index contributed by atoms with van der Waals surface area (Å²) in [5, 5.41) is 13.2. The first-order valence-corrected chi connectivity index (χ1v) is 26.5. The van der Waals surface area contributed by atoms with E-state index >= 15 is 8.78 Å². The van der Waals surface area contributed by atoms with Crippen molar-refractivity contribution >= 4 is 69.8 Å². The highest BCUT2D eigenvalue weighted by atomic mass is 32.2. The minimum absolute atomic E-state index is 0.0534. The molecule has 2 aromatic carbocycles. The third kappa shape index (κ3) is 11.4. The van der Waals surface area contributed by atoms with Gasteiger partial charge in [0.2, 0.25) is 17.4 Å². The number of thioether (sulfide) groups is 2. The number of nitrogens with one attached hydrogen (secondary N) is 2. The van der Waals surface area contributed by atoms with Gasteiger partial charge in [-0.3, -0.25) is 33.3 Å². The maximum atomic E-state index is 16.6. The van der Waals surface area contributed by atoms with E-state index in [2.05, 4.69) is 16.4 Å². The number of amides is 3. The molecule has 5 aliphatic rings. The summed E-state index contributed by atoms with van der Waals surface area (Å²) in [5.74, 6) is -2.13. The van der Waals surface area contributed by atoms with Gasteiger partial charge >= 0.3 is 13.3 Å². The van der Waals surface area contributed by atoms with Gasteiger partial charge in [0.1, 0.15) is 12.1 Å². The van der Waals surface area contributed by atoms with Crippen LogP contribution in [0, 0.1) is 29.1 Å². The summed E-state index contributed by atoms with van der Waals surface area (Å²) < 4.78 is 68.4. The number of H-pyrrole nitrogens is 1. The predicted octanol–water partition coefficient (Wildman–Crippen LogP) is 6.19. The number of alkyl halides is 2. The Morgan fingerprint density at radius 3 is 2.15 bits per heavy atom. The monoisotopic (exact) mass is 997 g/mol. The average Bonchev–Trinajstić information content (AvgIpc) is 3.93. The van der Waals surface area contributed by atoms with E-state index in [1.165, 1.54) is 30.5 Å². The van der Waals surface area contributed by atoms with Crippen LogP contribution in [-0.4, -0.2) is 125 Å². The lowest BCUT2D eigenvalue weighted by Gasteiger charge is -2.36. The molecule has 2 N–H and O–H groups in total. The van der Waals surface area contributed by atoms with Gasteiger partial charge in [0.25, 0.3) is 5.91 Å². The van der Waals surface area contributed by atoms with Crippen molar-refractivity contribution in [2.75, 3.05) is 64.2 Å². The summed E-state index contributed by atoms with van der Waals surface area (Å²) in [6.07, 6.45) is 5.45. The Balaban J connectivity index is 0.948. The first-order chi connectivity index (χ1) is 32.7. The number of benzene rings is 2. The number of likely N-dealkylation sites (tertiary alicyclic amines) is 1. The van der Waals surface area contributed by atoms with Crippen molar-refractivity contribution in [1.29, 1.82) is 5.26 Å². The van der Waals surface area contributed by atoms with Gasteiger partial charge in [0, 0.05) is 84.6 Å². The zero-order chi connectivity index (χ0) is 48.0. The number of aromatic nitrogens is 1. The topological polar surface area (TPSA) is 214 Å². The molecule has 0 unspecified atom stereocenters. The normalized spacial score (nSPS) is 23.5. The van der Waals surface area contributed by atoms with E-state index < -0.39 is 61.9 Å². The molecule has 5 saturated heterocycles. The third-order valence-corrected chi connectivity index (χ3v) is 17.0. The Morgan fingerprint density at radius 1 is 0.853 bits per heavy atom. The van der Waals surface area contributed by atoms with Crippen LogP contribution in [0.5, 0.6) is 0 Å². The first-order valence-electron chi connectivity index (χ1n) is 23.0. The molecule has 3 aromatic rings. The number of rotatable bonds is 18. The lowest BCUT2D eigenvalue weighted by molar-refractivity contribution is -0.146. The molecule has 1 aromatic heterocycles. The van der Waals surface area contributed by atoms with Gasteiger partial charge in [-0.05, 0) is 66.3 Å². The van der Waals surface area contributed by atoms with Crippen LogP contribution in [0.4, 0.5) is 8.78 Å². The molecular formula is C47H54F2N5O11PS2. The molecule has 0 spiro atoms. The van der Waals surface area contributed by atoms with Gasteiger partial charge in [-0.25, -0.2) is 0 Å². The number of ether oxygens (including phenoxy) is 2. The van der Waals surface area contributed by atoms with Gasteiger partial charge in [-0.15, -0.1) is 0 Å². The second-order valence-electron chi connectivity index (χ2n) is 18.0. The first kappa shape index (κ1) is 49.9. The maximum absolute atomic E-state index is 16.6. The van der Waals surface area contributed by atoms with Crippen LogP contribution < -0.4 is 10.9 Å². The van der Waals surface area contributed by atoms with Crippen LogP contribution in [0.3, 0.4) is 0 Å². The number of hydrogen-bond donors (Lipinski definition) is 2. The van der Waals surface area contributed by atoms with E-state index in [0.717, 1.165) is 42.1 Å². The molecule has 364 valence electrons. The van der Waals surface area contributed by atoms with Crippen molar-refractivity contribution in [2.45, 2.75) is 81.1 Å². The fourth-order valence-corrected chi connectivity index (χ4v) is 12.7. The largest absolute Gasteiger partial charge is 0.404 e. The number of pyridine rings is 1. The maximum Gasteiger partial charge on any atom is 0.404 e. The van der Waals surface area contributed by atoms with Crippen molar-refractivity contribution in [3.8, 4) is 6.07 Å². The van der Waals surface area contributed by atoms with Crippen LogP contribution in [0.2, 0.25) is 0 Å². The molecule has 6 heterocycles. The van der Waals surface area contributed by atoms with Crippen LogP contribution in [0.25, 0.3) is 10.8 Å². The number of hydrogen-bond acceptors (Lipinski definition) is 14. The fourth-order valence-electron chi connectivity index (χ4n) is 9.46. The van der Waals surface area contributed by atoms with Crippen molar-refractivity contribution in [3.05, 3.63) is 81.8 Å². The Kier molecular flexibility index (Phi) is 16.2. The molecule has 0 saturated carbocycles. The summed E-state index contributed by atoms with van der Waals surface area (Å²) in [6, 6.07) is 11.5. The molecule has 0 radical (unpaired) electrons. The number of fused-ring (bicyclic) bond motifs is 2. The molecule has 5 atom stereocenters. The standard InChI is InChI=1S/C47H54F2N5O11PS2/c48-47(49,66(61,64-13-15-67-42(56)17-29-25-62-26-29)65-14-16-68-43(57)18-30-27-63-28-30)36-8-7-31-5-6-33(19-34(31)20-36)44(58)52-39-4-2-1-3-37-9-10-40(54(37)45(39)59)46(60)53-23-35(22-50)38(24-53)32-11-12-51-41(55)21-32/h5-8,11-12,19-21,29-30,35,37-40H,1-4,9-10,13-18,23-28H2,(H,51,55)(H,52,58)/t35-,37-,38+,39-,40-/m0/s1. The Hall–Kier alpha value is -4.48. The molecule has 0 bridgehead atoms. The van der Waals surface area contributed by atoms with Crippen molar-refractivity contribution < 1.29 is 55.8 Å². The molecule has 8 rings (SSSR count). The molecule has 5 fully saturated rings. The third-order valence-electron chi connectivity index (χ3n) is 13.3. The minimum Gasteiger partial charge on any atom is -0.381 e. The van der Waals surface area contributed by atoms with Gasteiger partial charge in [-0.1, -0.05) is 54.6 Å². The number of aromatic amines is 1. The molecule has 68 heavy (non-hydrogen) atoms. The van der Waals surface area contributed by atoms with E-state index in [9.17, 15) is 38.6 Å². The molecule has 16 nitrogen and oxygen atoms in total. The van der Waals surface area contributed by atoms with Crippen LogP contribution in [-0.2, 0) is 47.9 Å². The van der Waals surface area contributed by atoms with E-state index in [1.54, 1.807) is 21.9 Å². The zero-order valence-corrected chi connectivity index (χ0v) is 39.8. The van der Waals surface area contributed by atoms with Crippen LogP contribution in [0.15, 0.2) is 59.5 Å². The van der Waals surface area contributed by atoms with Crippen molar-refractivity contribution in [3.63, 3.8) is 0 Å². The highest BCUT2D eigenvalue weighted by Gasteiger charge is 2.55. The molecular weight excluding hydrogens is 944 g/mol. The summed E-state index contributed by atoms with van der Waals surface area (Å²) in [6.45, 7) is 1.30. The van der Waals surface area contributed by atoms with E-state index in [4.69, 9.17) is 18.5 Å². The molecule has 0 aliphatic carbocycles. The van der Waals surface area contributed by atoms with Gasteiger partial charge < -0.3 is 38.6 Å². The summed E-state index contributed by atoms with van der Waals surface area (Å²) in [5.41, 5.74) is -4.49. The Bertz CT molecular complexity index is 2500. The fraction of sp³-hybridized carbons (Fsp3) is 0.553. The second-order valence-corrected chi connectivity index (χ2v) is 22.4. The number of nitrogens with zero attached hydrogens (tertiary/aromatic N) is 3. The highest BCUT2D eigenvalue weighted by molar-refractivity contribution is 8.13. The highest BCUT2D eigenvalue weighted by Crippen LogP contribution is 2.67. The van der Waals surface area contributed by atoms with Crippen molar-refractivity contribution in [2.24, 2.45) is 17.8 Å². The van der Waals surface area contributed by atoms with Crippen LogP contribution in [0.1, 0.15) is 78.8 Å². The van der Waals surface area contributed by atoms with E-state index in [-0.39, 0.29) is 93.9 Å². The summed E-state index contributed by atoms with van der Waals surface area (Å²) in [4.78, 5) is 85.2. The van der Waals surface area contributed by atoms with Crippen LogP contribution >= 0.6 is 31.1 Å². The Labute approximate surface area is 400 Å². The van der Waals surface area contributed by atoms with E-state index in [0.29, 0.717) is 69.5 Å². The quantitative estimate of drug-likeness (QED) is 0.107. The van der Waals surface area contributed by atoms with E-state index in [1.807, 2.05) is 0 Å². The minimum atomic E-state index is -5.31. The average molecular weight is 998 g/mol. The zero-order valence-electron chi connectivity index (χ0n) is 37.3. The summed E-state index contributed by atoms with van der Waals surface area (Å²) in [7, 11) is -5.31. The lowest BCUT2D eigenvalue weighted by Crippen LogP contribution is -2.56.